The second-order valence-electron chi connectivity index (χ2n) is 3.90. The fourth-order valence-corrected chi connectivity index (χ4v) is 2.75. The smallest absolute Gasteiger partial charge is 0.120 e. The predicted octanol–water partition coefficient (Wildman–Crippen LogP) is 4.04. The average Bonchev–Trinajstić information content (AvgIpc) is 2.70. The van der Waals surface area contributed by atoms with Crippen LogP contribution in [-0.2, 0) is 6.42 Å². The van der Waals surface area contributed by atoms with Crippen molar-refractivity contribution >= 4 is 21.6 Å². The van der Waals surface area contributed by atoms with E-state index in [9.17, 15) is 0 Å². The van der Waals surface area contributed by atoms with Crippen molar-refractivity contribution < 1.29 is 4.74 Å². The molecule has 0 aliphatic carbocycles. The first-order valence-electron chi connectivity index (χ1n) is 5.77. The fourth-order valence-electron chi connectivity index (χ4n) is 1.71. The SMILES string of the molecule is CCCCCc1nc2ccc(OC)cc2s1. The van der Waals surface area contributed by atoms with Gasteiger partial charge in [-0.3, -0.25) is 0 Å². The number of benzene rings is 1. The van der Waals surface area contributed by atoms with Crippen LogP contribution >= 0.6 is 11.3 Å². The summed E-state index contributed by atoms with van der Waals surface area (Å²) in [4.78, 5) is 4.62. The van der Waals surface area contributed by atoms with Gasteiger partial charge < -0.3 is 4.74 Å². The highest BCUT2D eigenvalue weighted by Crippen LogP contribution is 2.27. The van der Waals surface area contributed by atoms with E-state index >= 15 is 0 Å². The zero-order valence-corrected chi connectivity index (χ0v) is 10.6. The molecule has 0 fully saturated rings. The minimum atomic E-state index is 0.913. The highest BCUT2D eigenvalue weighted by molar-refractivity contribution is 7.18. The Bertz CT molecular complexity index is 464. The molecule has 1 aromatic heterocycles. The van der Waals surface area contributed by atoms with Gasteiger partial charge in [0.1, 0.15) is 5.75 Å². The molecule has 0 aliphatic rings. The molecule has 0 unspecified atom stereocenters. The van der Waals surface area contributed by atoms with Gasteiger partial charge >= 0.3 is 0 Å². The van der Waals surface area contributed by atoms with E-state index in [1.54, 1.807) is 18.4 Å². The highest BCUT2D eigenvalue weighted by Gasteiger charge is 2.04. The number of rotatable bonds is 5. The summed E-state index contributed by atoms with van der Waals surface area (Å²) >= 11 is 1.79. The van der Waals surface area contributed by atoms with Crippen molar-refractivity contribution in [2.24, 2.45) is 0 Å². The van der Waals surface area contributed by atoms with Gasteiger partial charge in [-0.25, -0.2) is 4.98 Å². The van der Waals surface area contributed by atoms with Crippen molar-refractivity contribution in [3.63, 3.8) is 0 Å². The van der Waals surface area contributed by atoms with Gasteiger partial charge in [-0.1, -0.05) is 19.8 Å². The number of aryl methyl sites for hydroxylation is 1. The Morgan fingerprint density at radius 1 is 1.31 bits per heavy atom. The fraction of sp³-hybridized carbons (Fsp3) is 0.462. The van der Waals surface area contributed by atoms with Gasteiger partial charge in [0.25, 0.3) is 0 Å². The topological polar surface area (TPSA) is 22.1 Å². The van der Waals surface area contributed by atoms with Gasteiger partial charge in [0.2, 0.25) is 0 Å². The van der Waals surface area contributed by atoms with Crippen LogP contribution in [0.3, 0.4) is 0 Å². The maximum Gasteiger partial charge on any atom is 0.120 e. The van der Waals surface area contributed by atoms with Crippen LogP contribution in [0.2, 0.25) is 0 Å². The van der Waals surface area contributed by atoms with Crippen LogP contribution in [0.4, 0.5) is 0 Å². The number of nitrogens with zero attached hydrogens (tertiary/aromatic N) is 1. The number of unbranched alkanes of at least 4 members (excludes halogenated alkanes) is 2. The molecule has 0 bridgehead atoms. The number of hydrogen-bond donors (Lipinski definition) is 0. The zero-order valence-electron chi connectivity index (χ0n) is 9.82. The first-order chi connectivity index (χ1) is 7.83. The Hall–Kier alpha value is -1.09. The van der Waals surface area contributed by atoms with E-state index in [0.717, 1.165) is 17.7 Å². The molecule has 0 radical (unpaired) electrons. The van der Waals surface area contributed by atoms with Crippen LogP contribution in [0, 0.1) is 0 Å². The molecule has 86 valence electrons. The summed E-state index contributed by atoms with van der Waals surface area (Å²) in [6.07, 6.45) is 4.90. The molecule has 2 rings (SSSR count). The largest absolute Gasteiger partial charge is 0.497 e. The molecule has 0 N–H and O–H groups in total. The van der Waals surface area contributed by atoms with Gasteiger partial charge in [-0.05, 0) is 31.0 Å². The van der Waals surface area contributed by atoms with Crippen molar-refractivity contribution in [1.82, 2.24) is 4.98 Å². The van der Waals surface area contributed by atoms with Gasteiger partial charge in [-0.15, -0.1) is 11.3 Å². The van der Waals surface area contributed by atoms with Crippen molar-refractivity contribution in [2.45, 2.75) is 32.6 Å². The lowest BCUT2D eigenvalue weighted by Crippen LogP contribution is -1.83. The van der Waals surface area contributed by atoms with Crippen molar-refractivity contribution in [1.29, 1.82) is 0 Å². The van der Waals surface area contributed by atoms with Crippen LogP contribution in [0.25, 0.3) is 10.2 Å². The van der Waals surface area contributed by atoms with E-state index in [2.05, 4.69) is 18.0 Å². The Labute approximate surface area is 100 Å². The second kappa shape index (κ2) is 5.30. The molecule has 2 nitrogen and oxygen atoms in total. The number of methoxy groups -OCH3 is 1. The van der Waals surface area contributed by atoms with Crippen LogP contribution in [0.1, 0.15) is 31.2 Å². The number of aromatic nitrogens is 1. The Morgan fingerprint density at radius 2 is 2.19 bits per heavy atom. The molecule has 0 spiro atoms. The van der Waals surface area contributed by atoms with Crippen molar-refractivity contribution in [3.8, 4) is 5.75 Å². The third kappa shape index (κ3) is 2.53. The standard InChI is InChI=1S/C13H17NOS/c1-3-4-5-6-13-14-11-8-7-10(15-2)9-12(11)16-13/h7-9H,3-6H2,1-2H3. The summed E-state index contributed by atoms with van der Waals surface area (Å²) in [5.41, 5.74) is 1.09. The maximum absolute atomic E-state index is 5.21. The highest BCUT2D eigenvalue weighted by atomic mass is 32.1. The molecule has 2 aromatic rings. The lowest BCUT2D eigenvalue weighted by atomic mass is 10.2. The number of ether oxygens (including phenoxy) is 1. The van der Waals surface area contributed by atoms with E-state index in [1.807, 2.05) is 12.1 Å². The average molecular weight is 235 g/mol. The molecule has 0 amide bonds. The summed E-state index contributed by atoms with van der Waals surface area (Å²) in [7, 11) is 1.70. The molecular weight excluding hydrogens is 218 g/mol. The van der Waals surface area contributed by atoms with E-state index in [1.165, 1.54) is 29.0 Å². The zero-order chi connectivity index (χ0) is 11.4. The van der Waals surface area contributed by atoms with Crippen LogP contribution < -0.4 is 4.74 Å². The molecular formula is C13H17NOS. The third-order valence-corrected chi connectivity index (χ3v) is 3.71. The predicted molar refractivity (Wildman–Crippen MR) is 69.4 cm³/mol. The van der Waals surface area contributed by atoms with Gasteiger partial charge in [0, 0.05) is 0 Å². The lowest BCUT2D eigenvalue weighted by molar-refractivity contribution is 0.415. The van der Waals surface area contributed by atoms with Crippen LogP contribution in [-0.4, -0.2) is 12.1 Å². The molecule has 0 saturated heterocycles. The van der Waals surface area contributed by atoms with E-state index in [0.29, 0.717) is 0 Å². The van der Waals surface area contributed by atoms with Gasteiger partial charge in [-0.2, -0.15) is 0 Å². The second-order valence-corrected chi connectivity index (χ2v) is 5.01. The normalized spacial score (nSPS) is 10.9. The summed E-state index contributed by atoms with van der Waals surface area (Å²) < 4.78 is 6.44. The number of hydrogen-bond acceptors (Lipinski definition) is 3. The van der Waals surface area contributed by atoms with E-state index in [-0.39, 0.29) is 0 Å². The van der Waals surface area contributed by atoms with E-state index in [4.69, 9.17) is 4.74 Å². The van der Waals surface area contributed by atoms with Gasteiger partial charge in [0.05, 0.1) is 22.3 Å². The first kappa shape index (κ1) is 11.4. The van der Waals surface area contributed by atoms with Crippen LogP contribution in [0.5, 0.6) is 5.75 Å². The van der Waals surface area contributed by atoms with Crippen molar-refractivity contribution in [2.75, 3.05) is 7.11 Å². The molecule has 0 aliphatic heterocycles. The maximum atomic E-state index is 5.21. The van der Waals surface area contributed by atoms with E-state index < -0.39 is 0 Å². The Balaban J connectivity index is 2.16. The molecule has 0 atom stereocenters. The summed E-state index contributed by atoms with van der Waals surface area (Å²) in [5, 5.41) is 1.25. The number of thiazole rings is 1. The quantitative estimate of drug-likeness (QED) is 0.730. The summed E-state index contributed by atoms with van der Waals surface area (Å²) in [5.74, 6) is 0.913. The van der Waals surface area contributed by atoms with Crippen molar-refractivity contribution in [3.05, 3.63) is 23.2 Å². The number of fused-ring (bicyclic) bond motifs is 1. The minimum Gasteiger partial charge on any atom is -0.497 e. The monoisotopic (exact) mass is 235 g/mol. The minimum absolute atomic E-state index is 0.913. The third-order valence-electron chi connectivity index (χ3n) is 2.63. The summed E-state index contributed by atoms with van der Waals surface area (Å²) in [6.45, 7) is 2.23. The molecule has 0 saturated carbocycles. The van der Waals surface area contributed by atoms with Crippen LogP contribution in [0.15, 0.2) is 18.2 Å². The molecule has 16 heavy (non-hydrogen) atoms. The molecule has 1 heterocycles. The molecule has 3 heteroatoms. The Kier molecular flexibility index (Phi) is 3.78. The molecule has 1 aromatic carbocycles. The first-order valence-corrected chi connectivity index (χ1v) is 6.58. The Morgan fingerprint density at radius 3 is 2.94 bits per heavy atom. The summed E-state index contributed by atoms with van der Waals surface area (Å²) in [6, 6.07) is 6.07. The lowest BCUT2D eigenvalue weighted by Gasteiger charge is -1.96. The van der Waals surface area contributed by atoms with Gasteiger partial charge in [0.15, 0.2) is 0 Å².